The fourth-order valence-electron chi connectivity index (χ4n) is 3.83. The van der Waals surface area contributed by atoms with Crippen molar-refractivity contribution in [2.75, 3.05) is 30.4 Å². The first-order chi connectivity index (χ1) is 15.8. The number of fused-ring (bicyclic) bond motifs is 1. The Balaban J connectivity index is 1.49. The van der Waals surface area contributed by atoms with Gasteiger partial charge in [-0.15, -0.1) is 0 Å². The van der Waals surface area contributed by atoms with Crippen LogP contribution in [-0.2, 0) is 10.0 Å². The Morgan fingerprint density at radius 3 is 2.79 bits per heavy atom. The molecule has 3 N–H and O–H groups in total. The summed E-state index contributed by atoms with van der Waals surface area (Å²) in [7, 11) is -2.23. The quantitative estimate of drug-likeness (QED) is 0.512. The van der Waals surface area contributed by atoms with Crippen LogP contribution in [-0.4, -0.2) is 44.7 Å². The van der Waals surface area contributed by atoms with Crippen molar-refractivity contribution in [2.24, 2.45) is 10.9 Å². The van der Waals surface area contributed by atoms with Crippen LogP contribution in [0.4, 0.5) is 11.5 Å². The zero-order valence-corrected chi connectivity index (χ0v) is 19.6. The van der Waals surface area contributed by atoms with Crippen LogP contribution >= 0.6 is 0 Å². The van der Waals surface area contributed by atoms with Gasteiger partial charge in [0, 0.05) is 24.0 Å². The summed E-state index contributed by atoms with van der Waals surface area (Å²) in [6.45, 7) is 4.81. The first-order valence-corrected chi connectivity index (χ1v) is 12.3. The average molecular weight is 470 g/mol. The highest BCUT2D eigenvalue weighted by Gasteiger charge is 2.39. The molecule has 2 aromatic rings. The Morgan fingerprint density at radius 1 is 1.27 bits per heavy atom. The minimum Gasteiger partial charge on any atom is -0.495 e. The van der Waals surface area contributed by atoms with Crippen LogP contribution < -0.4 is 24.6 Å². The number of sulfonamides is 1. The van der Waals surface area contributed by atoms with Crippen molar-refractivity contribution in [3.8, 4) is 5.75 Å². The van der Waals surface area contributed by atoms with Crippen molar-refractivity contribution >= 4 is 27.4 Å². The van der Waals surface area contributed by atoms with Gasteiger partial charge in [0.1, 0.15) is 22.9 Å². The Morgan fingerprint density at radius 2 is 2.09 bits per heavy atom. The lowest BCUT2D eigenvalue weighted by atomic mass is 10.2. The minimum atomic E-state index is -3.71. The van der Waals surface area contributed by atoms with Gasteiger partial charge in [0.25, 0.3) is 11.7 Å². The largest absolute Gasteiger partial charge is 0.495 e. The van der Waals surface area contributed by atoms with Gasteiger partial charge in [-0.2, -0.15) is 10.1 Å². The van der Waals surface area contributed by atoms with Gasteiger partial charge in [-0.05, 0) is 55.7 Å². The SMILES string of the molecule is COc1ccc(N2C=C(Nc3cc(C)[nH]n3)[N+]3C=C(C)N=C3C2)cc1S(=O)(=O)NCC1CC1. The summed E-state index contributed by atoms with van der Waals surface area (Å²) in [4.78, 5) is 8.71. The summed E-state index contributed by atoms with van der Waals surface area (Å²) in [5, 5.41) is 10.5. The highest BCUT2D eigenvalue weighted by molar-refractivity contribution is 7.89. The molecule has 1 aliphatic carbocycles. The van der Waals surface area contributed by atoms with Crippen LogP contribution in [0.1, 0.15) is 25.5 Å². The van der Waals surface area contributed by atoms with E-state index >= 15 is 0 Å². The van der Waals surface area contributed by atoms with Gasteiger partial charge in [0.15, 0.2) is 12.0 Å². The molecule has 5 rings (SSSR count). The van der Waals surface area contributed by atoms with Crippen molar-refractivity contribution in [2.45, 2.75) is 31.6 Å². The number of aromatic nitrogens is 2. The number of aromatic amines is 1. The number of allylic oxidation sites excluding steroid dienone is 1. The summed E-state index contributed by atoms with van der Waals surface area (Å²) < 4.78 is 34.1. The van der Waals surface area contributed by atoms with E-state index in [0.717, 1.165) is 35.9 Å². The number of rotatable bonds is 8. The second-order valence-electron chi connectivity index (χ2n) is 8.50. The van der Waals surface area contributed by atoms with Crippen molar-refractivity contribution < 1.29 is 13.2 Å². The molecule has 10 nitrogen and oxygen atoms in total. The number of nitrogens with one attached hydrogen (secondary N) is 3. The molecule has 1 aromatic heterocycles. The number of methoxy groups -OCH3 is 1. The first-order valence-electron chi connectivity index (χ1n) is 10.8. The molecule has 2 aliphatic heterocycles. The zero-order valence-electron chi connectivity index (χ0n) is 18.8. The number of aliphatic imine (C=N–C) groups is 1. The van der Waals surface area contributed by atoms with E-state index in [2.05, 4.69) is 25.2 Å². The normalized spacial score (nSPS) is 18.5. The van der Waals surface area contributed by atoms with E-state index in [1.54, 1.807) is 12.1 Å². The number of amidine groups is 1. The van der Waals surface area contributed by atoms with Gasteiger partial charge in [-0.1, -0.05) is 0 Å². The number of hydrogen-bond donors (Lipinski definition) is 3. The van der Waals surface area contributed by atoms with Crippen LogP contribution in [0.3, 0.4) is 0 Å². The van der Waals surface area contributed by atoms with E-state index in [9.17, 15) is 8.42 Å². The van der Waals surface area contributed by atoms with Gasteiger partial charge in [-0.3, -0.25) is 10.4 Å². The van der Waals surface area contributed by atoms with E-state index in [1.807, 2.05) is 48.2 Å². The predicted octanol–water partition coefficient (Wildman–Crippen LogP) is 2.56. The lowest BCUT2D eigenvalue weighted by molar-refractivity contribution is 0.402. The molecule has 0 amide bonds. The highest BCUT2D eigenvalue weighted by atomic mass is 32.2. The fraction of sp³-hybridized carbons (Fsp3) is 0.364. The van der Waals surface area contributed by atoms with Gasteiger partial charge in [-0.25, -0.2) is 13.1 Å². The van der Waals surface area contributed by atoms with Crippen LogP contribution in [0.5, 0.6) is 5.75 Å². The standard InChI is InChI=1S/C22H27N7O3S/c1-14-8-20(27-26-14)25-22-13-28(12-21-24-15(2)11-29(21)22)17-6-7-18(32-3)19(9-17)33(30,31)23-10-16-4-5-16/h6-9,11,13,16,23H,4-5,10,12H2,1-3H3,(H2,25,26,27)/q+1. The third-order valence-electron chi connectivity index (χ3n) is 5.74. The van der Waals surface area contributed by atoms with E-state index < -0.39 is 10.0 Å². The Labute approximate surface area is 193 Å². The number of aryl methyl sites for hydroxylation is 1. The summed E-state index contributed by atoms with van der Waals surface area (Å²) in [5.74, 6) is 3.01. The van der Waals surface area contributed by atoms with Gasteiger partial charge < -0.3 is 9.64 Å². The molecular formula is C22H27N7O3S+. The number of hydrogen-bond acceptors (Lipinski definition) is 8. The molecule has 1 saturated carbocycles. The van der Waals surface area contributed by atoms with Gasteiger partial charge >= 0.3 is 0 Å². The number of anilines is 2. The maximum atomic E-state index is 13.0. The molecule has 0 spiro atoms. The maximum absolute atomic E-state index is 13.0. The molecule has 0 unspecified atom stereocenters. The first kappa shape index (κ1) is 21.7. The number of nitrogens with zero attached hydrogens (tertiary/aromatic N) is 4. The summed E-state index contributed by atoms with van der Waals surface area (Å²) in [5.41, 5.74) is 2.54. The second kappa shape index (κ2) is 8.32. The molecule has 1 fully saturated rings. The van der Waals surface area contributed by atoms with Crippen molar-refractivity contribution in [3.05, 3.63) is 53.9 Å². The smallest absolute Gasteiger partial charge is 0.284 e. The Bertz CT molecular complexity index is 1270. The molecule has 0 bridgehead atoms. The van der Waals surface area contributed by atoms with E-state index in [0.29, 0.717) is 36.3 Å². The summed E-state index contributed by atoms with van der Waals surface area (Å²) in [6.07, 6.45) is 6.01. The molecule has 173 valence electrons. The van der Waals surface area contributed by atoms with E-state index in [-0.39, 0.29) is 4.90 Å². The molecule has 11 heteroatoms. The predicted molar refractivity (Wildman–Crippen MR) is 127 cm³/mol. The lowest BCUT2D eigenvalue weighted by Crippen LogP contribution is -2.45. The van der Waals surface area contributed by atoms with Crippen molar-refractivity contribution in [3.63, 3.8) is 0 Å². The Kier molecular flexibility index (Phi) is 5.47. The highest BCUT2D eigenvalue weighted by Crippen LogP contribution is 2.33. The van der Waals surface area contributed by atoms with Crippen LogP contribution in [0, 0.1) is 12.8 Å². The van der Waals surface area contributed by atoms with Crippen LogP contribution in [0.25, 0.3) is 0 Å². The monoisotopic (exact) mass is 469 g/mol. The number of benzene rings is 1. The fourth-order valence-corrected chi connectivity index (χ4v) is 5.13. The number of H-pyrrole nitrogens is 1. The Hall–Kier alpha value is -3.15. The van der Waals surface area contributed by atoms with Crippen LogP contribution in [0.15, 0.2) is 58.1 Å². The molecule has 33 heavy (non-hydrogen) atoms. The molecule has 0 saturated heterocycles. The second-order valence-corrected chi connectivity index (χ2v) is 10.2. The molecule has 3 aliphatic rings. The van der Waals surface area contributed by atoms with E-state index in [1.165, 1.54) is 7.11 Å². The third kappa shape index (κ3) is 4.52. The van der Waals surface area contributed by atoms with Crippen molar-refractivity contribution in [1.29, 1.82) is 0 Å². The summed E-state index contributed by atoms with van der Waals surface area (Å²) >= 11 is 0. The molecule has 1 aromatic carbocycles. The lowest BCUT2D eigenvalue weighted by Gasteiger charge is -2.26. The topological polar surface area (TPSA) is 118 Å². The minimum absolute atomic E-state index is 0.124. The van der Waals surface area contributed by atoms with Crippen LogP contribution in [0.2, 0.25) is 0 Å². The zero-order chi connectivity index (χ0) is 23.2. The van der Waals surface area contributed by atoms with Crippen molar-refractivity contribution in [1.82, 2.24) is 19.8 Å². The third-order valence-corrected chi connectivity index (χ3v) is 7.18. The van der Waals surface area contributed by atoms with Gasteiger partial charge in [0.05, 0.1) is 13.3 Å². The molecule has 3 heterocycles. The molecule has 1 radical (unpaired) electrons. The van der Waals surface area contributed by atoms with E-state index in [4.69, 9.17) is 4.74 Å². The molecule has 0 atom stereocenters. The number of ether oxygens (including phenoxy) is 1. The average Bonchev–Trinajstić information content (AvgIpc) is 3.42. The van der Waals surface area contributed by atoms with Gasteiger partial charge in [0.2, 0.25) is 10.0 Å². The molecular weight excluding hydrogens is 442 g/mol. The summed E-state index contributed by atoms with van der Waals surface area (Å²) in [6, 6.07) is 7.08. The maximum Gasteiger partial charge on any atom is 0.284 e.